The zero-order chi connectivity index (χ0) is 14.0. The Labute approximate surface area is 119 Å². The van der Waals surface area contributed by atoms with E-state index in [9.17, 15) is 5.11 Å². The quantitative estimate of drug-likeness (QED) is 0.902. The Bertz CT molecular complexity index is 414. The summed E-state index contributed by atoms with van der Waals surface area (Å²) in [5, 5.41) is 13.3. The topological polar surface area (TPSA) is 45.6 Å². The van der Waals surface area contributed by atoms with Crippen molar-refractivity contribution in [2.45, 2.75) is 57.9 Å². The van der Waals surface area contributed by atoms with Crippen molar-refractivity contribution in [1.82, 2.24) is 9.88 Å². The minimum atomic E-state index is -0.644. The molecule has 5 heteroatoms. The fraction of sp³-hybridized carbons (Fsp3) is 0.786. The average molecular weight is 284 g/mol. The summed E-state index contributed by atoms with van der Waals surface area (Å²) in [5.41, 5.74) is 0.440. The van der Waals surface area contributed by atoms with Crippen LogP contribution < -0.4 is 0 Å². The molecule has 1 aromatic heterocycles. The zero-order valence-corrected chi connectivity index (χ0v) is 13.0. The Balaban J connectivity index is 2.02. The smallest absolute Gasteiger partial charge is 0.122 e. The molecule has 0 saturated carbocycles. The van der Waals surface area contributed by atoms with Crippen LogP contribution in [0.4, 0.5) is 0 Å². The van der Waals surface area contributed by atoms with Gasteiger partial charge in [-0.1, -0.05) is 0 Å². The number of likely N-dealkylation sites (tertiary alicyclic amines) is 1. The van der Waals surface area contributed by atoms with E-state index in [2.05, 4.69) is 15.3 Å². The molecule has 2 heterocycles. The molecule has 1 aliphatic rings. The largest absolute Gasteiger partial charge is 0.389 e. The first-order valence-electron chi connectivity index (χ1n) is 6.85. The maximum atomic E-state index is 10.2. The number of nitrogens with zero attached hydrogens (tertiary/aromatic N) is 2. The van der Waals surface area contributed by atoms with E-state index in [1.54, 1.807) is 18.4 Å². The summed E-state index contributed by atoms with van der Waals surface area (Å²) in [4.78, 5) is 6.97. The molecule has 0 aliphatic carbocycles. The van der Waals surface area contributed by atoms with Gasteiger partial charge in [-0.3, -0.25) is 4.90 Å². The standard InChI is InChI=1S/C14H24N2O2S/c1-10(18-4)13-15-11(9-19-13)8-16-7-5-6-12(16)14(2,3)17/h9-10,12,17H,5-8H2,1-4H3. The molecule has 19 heavy (non-hydrogen) atoms. The van der Waals surface area contributed by atoms with Gasteiger partial charge in [0.1, 0.15) is 11.1 Å². The van der Waals surface area contributed by atoms with Crippen LogP contribution in [0.3, 0.4) is 0 Å². The van der Waals surface area contributed by atoms with Gasteiger partial charge < -0.3 is 9.84 Å². The second kappa shape index (κ2) is 5.87. The molecule has 108 valence electrons. The molecular formula is C14H24N2O2S. The molecule has 0 radical (unpaired) electrons. The number of hydrogen-bond donors (Lipinski definition) is 1. The molecule has 4 nitrogen and oxygen atoms in total. The predicted molar refractivity (Wildman–Crippen MR) is 77.3 cm³/mol. The maximum Gasteiger partial charge on any atom is 0.122 e. The van der Waals surface area contributed by atoms with Gasteiger partial charge in [0.25, 0.3) is 0 Å². The monoisotopic (exact) mass is 284 g/mol. The highest BCUT2D eigenvalue weighted by molar-refractivity contribution is 7.09. The summed E-state index contributed by atoms with van der Waals surface area (Å²) < 4.78 is 5.29. The van der Waals surface area contributed by atoms with E-state index in [1.807, 2.05) is 20.8 Å². The van der Waals surface area contributed by atoms with Gasteiger partial charge in [-0.2, -0.15) is 0 Å². The number of aliphatic hydroxyl groups is 1. The number of rotatable bonds is 5. The lowest BCUT2D eigenvalue weighted by Gasteiger charge is -2.33. The van der Waals surface area contributed by atoms with Gasteiger partial charge in [-0.05, 0) is 40.2 Å². The van der Waals surface area contributed by atoms with E-state index >= 15 is 0 Å². The van der Waals surface area contributed by atoms with Gasteiger partial charge in [-0.25, -0.2) is 4.98 Å². The summed E-state index contributed by atoms with van der Waals surface area (Å²) in [6.07, 6.45) is 2.28. The summed E-state index contributed by atoms with van der Waals surface area (Å²) in [6, 6.07) is 0.234. The summed E-state index contributed by atoms with van der Waals surface area (Å²) in [6.45, 7) is 7.67. The van der Waals surface area contributed by atoms with E-state index in [1.165, 1.54) is 0 Å². The molecule has 0 amide bonds. The first kappa shape index (κ1) is 14.9. The van der Waals surface area contributed by atoms with Crippen molar-refractivity contribution in [3.05, 3.63) is 16.1 Å². The second-order valence-electron chi connectivity index (χ2n) is 5.84. The third kappa shape index (κ3) is 3.54. The van der Waals surface area contributed by atoms with Crippen LogP contribution in [0.15, 0.2) is 5.38 Å². The van der Waals surface area contributed by atoms with Crippen molar-refractivity contribution in [1.29, 1.82) is 0 Å². The van der Waals surface area contributed by atoms with Gasteiger partial charge >= 0.3 is 0 Å². The molecule has 1 N–H and O–H groups in total. The molecule has 0 spiro atoms. The van der Waals surface area contributed by atoms with Crippen LogP contribution in [0, 0.1) is 0 Å². The van der Waals surface area contributed by atoms with Crippen LogP contribution >= 0.6 is 11.3 Å². The normalized spacial score (nSPS) is 22.9. The SMILES string of the molecule is COC(C)c1nc(CN2CCCC2C(C)(C)O)cs1. The molecule has 2 rings (SSSR count). The number of aromatic nitrogens is 1. The number of methoxy groups -OCH3 is 1. The highest BCUT2D eigenvalue weighted by Gasteiger charge is 2.35. The van der Waals surface area contributed by atoms with Crippen molar-refractivity contribution < 1.29 is 9.84 Å². The molecule has 1 aromatic rings. The zero-order valence-electron chi connectivity index (χ0n) is 12.2. The van der Waals surface area contributed by atoms with E-state index in [0.717, 1.165) is 36.6 Å². The summed E-state index contributed by atoms with van der Waals surface area (Å²) in [7, 11) is 1.70. The maximum absolute atomic E-state index is 10.2. The lowest BCUT2D eigenvalue weighted by Crippen LogP contribution is -2.45. The van der Waals surface area contributed by atoms with Gasteiger partial charge in [0.05, 0.1) is 11.3 Å². The number of thiazole rings is 1. The van der Waals surface area contributed by atoms with Crippen LogP contribution in [0.5, 0.6) is 0 Å². The van der Waals surface area contributed by atoms with E-state index in [-0.39, 0.29) is 12.1 Å². The van der Waals surface area contributed by atoms with Crippen molar-refractivity contribution in [3.63, 3.8) is 0 Å². The van der Waals surface area contributed by atoms with Crippen molar-refractivity contribution in [2.24, 2.45) is 0 Å². The van der Waals surface area contributed by atoms with Gasteiger partial charge in [0.2, 0.25) is 0 Å². The predicted octanol–water partition coefficient (Wildman–Crippen LogP) is 2.59. The van der Waals surface area contributed by atoms with Gasteiger partial charge in [-0.15, -0.1) is 11.3 Å². The molecule has 0 bridgehead atoms. The summed E-state index contributed by atoms with van der Waals surface area (Å²) in [5.74, 6) is 0. The third-order valence-electron chi connectivity index (χ3n) is 3.82. The minimum absolute atomic E-state index is 0.0578. The van der Waals surface area contributed by atoms with Gasteiger partial charge in [0, 0.05) is 25.1 Å². The Morgan fingerprint density at radius 3 is 3.00 bits per heavy atom. The van der Waals surface area contributed by atoms with Crippen molar-refractivity contribution >= 4 is 11.3 Å². The minimum Gasteiger partial charge on any atom is -0.389 e. The van der Waals surface area contributed by atoms with Crippen molar-refractivity contribution in [2.75, 3.05) is 13.7 Å². The summed E-state index contributed by atoms with van der Waals surface area (Å²) >= 11 is 1.65. The Kier molecular flexibility index (Phi) is 4.61. The highest BCUT2D eigenvalue weighted by Crippen LogP contribution is 2.29. The molecule has 0 aromatic carbocycles. The third-order valence-corrected chi connectivity index (χ3v) is 4.87. The van der Waals surface area contributed by atoms with Crippen LogP contribution in [-0.4, -0.2) is 40.3 Å². The second-order valence-corrected chi connectivity index (χ2v) is 6.73. The van der Waals surface area contributed by atoms with Crippen molar-refractivity contribution in [3.8, 4) is 0 Å². The van der Waals surface area contributed by atoms with Crippen LogP contribution in [-0.2, 0) is 11.3 Å². The molecule has 2 unspecified atom stereocenters. The first-order chi connectivity index (χ1) is 8.91. The average Bonchev–Trinajstić information content (AvgIpc) is 2.96. The van der Waals surface area contributed by atoms with E-state index in [0.29, 0.717) is 0 Å². The molecule has 1 fully saturated rings. The van der Waals surface area contributed by atoms with E-state index < -0.39 is 5.60 Å². The van der Waals surface area contributed by atoms with Crippen LogP contribution in [0.25, 0.3) is 0 Å². The number of ether oxygens (including phenoxy) is 1. The molecule has 1 aliphatic heterocycles. The fourth-order valence-corrected chi connectivity index (χ4v) is 3.55. The Morgan fingerprint density at radius 1 is 1.63 bits per heavy atom. The van der Waals surface area contributed by atoms with Gasteiger partial charge in [0.15, 0.2) is 0 Å². The lowest BCUT2D eigenvalue weighted by atomic mass is 9.96. The Hall–Kier alpha value is -0.490. The molecular weight excluding hydrogens is 260 g/mol. The Morgan fingerprint density at radius 2 is 2.37 bits per heavy atom. The number of hydrogen-bond acceptors (Lipinski definition) is 5. The van der Waals surface area contributed by atoms with Crippen LogP contribution in [0.2, 0.25) is 0 Å². The fourth-order valence-electron chi connectivity index (χ4n) is 2.71. The van der Waals surface area contributed by atoms with E-state index in [4.69, 9.17) is 4.74 Å². The first-order valence-corrected chi connectivity index (χ1v) is 7.73. The highest BCUT2D eigenvalue weighted by atomic mass is 32.1. The molecule has 2 atom stereocenters. The van der Waals surface area contributed by atoms with Crippen LogP contribution in [0.1, 0.15) is 50.4 Å². The molecule has 1 saturated heterocycles. The lowest BCUT2D eigenvalue weighted by molar-refractivity contribution is -0.00536.